The molecule has 0 fully saturated rings. The number of benzene rings is 1. The second kappa shape index (κ2) is 3.44. The van der Waals surface area contributed by atoms with Crippen molar-refractivity contribution in [2.24, 2.45) is 0 Å². The maximum absolute atomic E-state index is 4.24. The lowest BCUT2D eigenvalue weighted by Gasteiger charge is -1.95. The molecule has 2 heterocycles. The molecule has 0 aliphatic carbocycles. The molecule has 0 aliphatic rings. The fraction of sp³-hybridized carbons (Fsp3) is 0. The van der Waals surface area contributed by atoms with Gasteiger partial charge in [0.2, 0.25) is 0 Å². The van der Waals surface area contributed by atoms with Gasteiger partial charge in [0.15, 0.2) is 5.82 Å². The van der Waals surface area contributed by atoms with Gasteiger partial charge in [0.25, 0.3) is 0 Å². The van der Waals surface area contributed by atoms with E-state index in [0.717, 1.165) is 11.4 Å². The van der Waals surface area contributed by atoms with Crippen molar-refractivity contribution < 1.29 is 0 Å². The third-order valence-electron chi connectivity index (χ3n) is 2.21. The molecule has 71 valence electrons. The molecule has 2 nitrogen and oxygen atoms in total. The Bertz CT molecular complexity index is 587. The van der Waals surface area contributed by atoms with Gasteiger partial charge in [-0.25, -0.2) is 9.97 Å². The second-order valence-corrected chi connectivity index (χ2v) is 4.00. The molecular formula is C12H7N2S. The number of thiophene rings is 1. The summed E-state index contributed by atoms with van der Waals surface area (Å²) in [5.74, 6) is 0.745. The minimum Gasteiger partial charge on any atom is -0.237 e. The van der Waals surface area contributed by atoms with E-state index in [4.69, 9.17) is 0 Å². The highest BCUT2D eigenvalue weighted by Crippen LogP contribution is 2.30. The smallest absolute Gasteiger partial charge is 0.161 e. The normalized spacial score (nSPS) is 10.7. The van der Waals surface area contributed by atoms with E-state index in [1.807, 2.05) is 18.2 Å². The van der Waals surface area contributed by atoms with Crippen molar-refractivity contribution in [3.63, 3.8) is 0 Å². The Morgan fingerprint density at radius 3 is 2.67 bits per heavy atom. The van der Waals surface area contributed by atoms with Crippen LogP contribution in [0, 0.1) is 5.38 Å². The molecule has 0 unspecified atom stereocenters. The van der Waals surface area contributed by atoms with Crippen LogP contribution in [0.25, 0.3) is 21.5 Å². The zero-order valence-electron chi connectivity index (χ0n) is 7.84. The molecule has 0 saturated heterocycles. The number of nitrogens with zero attached hydrogens (tertiary/aromatic N) is 2. The van der Waals surface area contributed by atoms with E-state index in [-0.39, 0.29) is 0 Å². The van der Waals surface area contributed by atoms with Gasteiger partial charge in [0, 0.05) is 28.0 Å². The van der Waals surface area contributed by atoms with E-state index in [0.29, 0.717) is 0 Å². The summed E-state index contributed by atoms with van der Waals surface area (Å²) in [5, 5.41) is 4.42. The van der Waals surface area contributed by atoms with E-state index in [2.05, 4.69) is 27.5 Å². The standard InChI is InChI=1S/C12H7N2S/c1-2-5-11-9(4-1)10(8-15-11)12-13-6-3-7-14-12/h1-7H. The molecule has 0 N–H and O–H groups in total. The largest absolute Gasteiger partial charge is 0.237 e. The predicted molar refractivity (Wildman–Crippen MR) is 61.7 cm³/mol. The van der Waals surface area contributed by atoms with Gasteiger partial charge in [-0.2, -0.15) is 0 Å². The van der Waals surface area contributed by atoms with E-state index in [9.17, 15) is 0 Å². The Hall–Kier alpha value is -1.74. The average molecular weight is 211 g/mol. The molecule has 0 spiro atoms. The summed E-state index contributed by atoms with van der Waals surface area (Å²) < 4.78 is 1.22. The summed E-state index contributed by atoms with van der Waals surface area (Å²) >= 11 is 1.60. The summed E-state index contributed by atoms with van der Waals surface area (Å²) in [4.78, 5) is 8.47. The molecule has 3 rings (SSSR count). The average Bonchev–Trinajstić information content (AvgIpc) is 2.74. The zero-order chi connectivity index (χ0) is 10.1. The Morgan fingerprint density at radius 1 is 1.00 bits per heavy atom. The van der Waals surface area contributed by atoms with Gasteiger partial charge in [-0.1, -0.05) is 18.2 Å². The van der Waals surface area contributed by atoms with Crippen molar-refractivity contribution in [1.29, 1.82) is 0 Å². The molecule has 3 heteroatoms. The fourth-order valence-electron chi connectivity index (χ4n) is 1.52. The summed E-state index contributed by atoms with van der Waals surface area (Å²) in [6, 6.07) is 10.0. The SMILES string of the molecule is [c]1sc2ccccc2c1-c1ncccn1. The van der Waals surface area contributed by atoms with Gasteiger partial charge in [0.05, 0.1) is 5.38 Å². The first-order valence-corrected chi connectivity index (χ1v) is 5.43. The van der Waals surface area contributed by atoms with Gasteiger partial charge in [-0.3, -0.25) is 0 Å². The third kappa shape index (κ3) is 1.41. The van der Waals surface area contributed by atoms with Crippen LogP contribution in [0.3, 0.4) is 0 Å². The van der Waals surface area contributed by atoms with Crippen LogP contribution in [0.15, 0.2) is 42.7 Å². The highest BCUT2D eigenvalue weighted by atomic mass is 32.1. The minimum absolute atomic E-state index is 0.745. The molecule has 0 aliphatic heterocycles. The number of rotatable bonds is 1. The van der Waals surface area contributed by atoms with Crippen LogP contribution in [-0.4, -0.2) is 9.97 Å². The molecule has 0 amide bonds. The van der Waals surface area contributed by atoms with Crippen LogP contribution in [0.4, 0.5) is 0 Å². The molecule has 15 heavy (non-hydrogen) atoms. The molecule has 1 radical (unpaired) electrons. The Labute approximate surface area is 91.2 Å². The van der Waals surface area contributed by atoms with Crippen molar-refractivity contribution in [2.45, 2.75) is 0 Å². The molecular weight excluding hydrogens is 204 g/mol. The number of hydrogen-bond donors (Lipinski definition) is 0. The maximum atomic E-state index is 4.24. The van der Waals surface area contributed by atoms with Gasteiger partial charge >= 0.3 is 0 Å². The first-order chi connectivity index (χ1) is 7.45. The monoisotopic (exact) mass is 211 g/mol. The Kier molecular flexibility index (Phi) is 1.96. The van der Waals surface area contributed by atoms with E-state index in [1.165, 1.54) is 10.1 Å². The minimum atomic E-state index is 0.745. The molecule has 0 atom stereocenters. The first-order valence-electron chi connectivity index (χ1n) is 4.62. The molecule has 0 saturated carbocycles. The Morgan fingerprint density at radius 2 is 1.80 bits per heavy atom. The van der Waals surface area contributed by atoms with Crippen LogP contribution < -0.4 is 0 Å². The predicted octanol–water partition coefficient (Wildman–Crippen LogP) is 3.16. The molecule has 3 aromatic rings. The highest BCUT2D eigenvalue weighted by Gasteiger charge is 2.07. The summed E-state index contributed by atoms with van der Waals surface area (Å²) in [5.41, 5.74) is 0.996. The maximum Gasteiger partial charge on any atom is 0.161 e. The van der Waals surface area contributed by atoms with Crippen LogP contribution in [-0.2, 0) is 0 Å². The first kappa shape index (κ1) is 8.56. The summed E-state index contributed by atoms with van der Waals surface area (Å²) in [7, 11) is 0. The lowest BCUT2D eigenvalue weighted by Crippen LogP contribution is -1.84. The van der Waals surface area contributed by atoms with E-state index in [1.54, 1.807) is 23.7 Å². The van der Waals surface area contributed by atoms with Crippen molar-refractivity contribution >= 4 is 21.4 Å². The summed E-state index contributed by atoms with van der Waals surface area (Å²) in [6.07, 6.45) is 3.51. The van der Waals surface area contributed by atoms with Crippen LogP contribution in [0.5, 0.6) is 0 Å². The molecule has 2 aromatic heterocycles. The van der Waals surface area contributed by atoms with Crippen LogP contribution in [0.1, 0.15) is 0 Å². The molecule has 0 bridgehead atoms. The second-order valence-electron chi connectivity index (χ2n) is 3.15. The third-order valence-corrected chi connectivity index (χ3v) is 3.09. The number of hydrogen-bond acceptors (Lipinski definition) is 3. The van der Waals surface area contributed by atoms with Crippen molar-refractivity contribution in [3.05, 3.63) is 48.1 Å². The van der Waals surface area contributed by atoms with Gasteiger partial charge in [-0.15, -0.1) is 11.3 Å². The van der Waals surface area contributed by atoms with Crippen molar-refractivity contribution in [3.8, 4) is 11.4 Å². The fourth-order valence-corrected chi connectivity index (χ4v) is 2.36. The highest BCUT2D eigenvalue weighted by molar-refractivity contribution is 7.17. The lowest BCUT2D eigenvalue weighted by atomic mass is 10.2. The zero-order valence-corrected chi connectivity index (χ0v) is 8.66. The van der Waals surface area contributed by atoms with Gasteiger partial charge in [0.1, 0.15) is 0 Å². The van der Waals surface area contributed by atoms with Crippen molar-refractivity contribution in [2.75, 3.05) is 0 Å². The number of fused-ring (bicyclic) bond motifs is 1. The van der Waals surface area contributed by atoms with Crippen LogP contribution in [0.2, 0.25) is 0 Å². The lowest BCUT2D eigenvalue weighted by molar-refractivity contribution is 1.18. The van der Waals surface area contributed by atoms with E-state index >= 15 is 0 Å². The number of aromatic nitrogens is 2. The Balaban J connectivity index is 2.28. The van der Waals surface area contributed by atoms with Gasteiger partial charge in [-0.05, 0) is 12.1 Å². The van der Waals surface area contributed by atoms with Gasteiger partial charge < -0.3 is 0 Å². The van der Waals surface area contributed by atoms with Crippen LogP contribution >= 0.6 is 11.3 Å². The summed E-state index contributed by atoms with van der Waals surface area (Å²) in [6.45, 7) is 0. The van der Waals surface area contributed by atoms with E-state index < -0.39 is 0 Å². The quantitative estimate of drug-likeness (QED) is 0.618. The van der Waals surface area contributed by atoms with Crippen molar-refractivity contribution in [1.82, 2.24) is 9.97 Å². The topological polar surface area (TPSA) is 25.8 Å². The molecule has 1 aromatic carbocycles.